The first-order valence-electron chi connectivity index (χ1n) is 11.6. The second-order valence-electron chi connectivity index (χ2n) is 9.02. The SMILES string of the molecule is Brc1cccc2c1Oc1cc3c(cc1O2)C1C=CC=CC1C3(c1ccccc1)c1ccccc1. The number of rotatable bonds is 2. The Kier molecular flexibility index (Phi) is 4.37. The molecule has 7 rings (SSSR count). The van der Waals surface area contributed by atoms with Crippen molar-refractivity contribution in [3.63, 3.8) is 0 Å². The molecule has 0 aromatic heterocycles. The van der Waals surface area contributed by atoms with E-state index in [-0.39, 0.29) is 17.3 Å². The minimum Gasteiger partial charge on any atom is -0.449 e. The van der Waals surface area contributed by atoms with Crippen LogP contribution in [0.4, 0.5) is 0 Å². The molecule has 2 atom stereocenters. The second kappa shape index (κ2) is 7.48. The Morgan fingerprint density at radius 3 is 2.06 bits per heavy atom. The van der Waals surface area contributed by atoms with Gasteiger partial charge in [0.25, 0.3) is 0 Å². The highest BCUT2D eigenvalue weighted by atomic mass is 79.9. The van der Waals surface area contributed by atoms with E-state index in [1.807, 2.05) is 18.2 Å². The summed E-state index contributed by atoms with van der Waals surface area (Å²) < 4.78 is 13.7. The van der Waals surface area contributed by atoms with Crippen LogP contribution in [0.5, 0.6) is 23.0 Å². The maximum Gasteiger partial charge on any atom is 0.184 e. The molecular weight excluding hydrogens is 484 g/mol. The summed E-state index contributed by atoms with van der Waals surface area (Å²) in [5, 5.41) is 0. The van der Waals surface area contributed by atoms with E-state index in [1.54, 1.807) is 0 Å². The van der Waals surface area contributed by atoms with E-state index in [0.717, 1.165) is 27.5 Å². The highest BCUT2D eigenvalue weighted by molar-refractivity contribution is 9.10. The van der Waals surface area contributed by atoms with Gasteiger partial charge in [-0.2, -0.15) is 0 Å². The monoisotopic (exact) mass is 504 g/mol. The van der Waals surface area contributed by atoms with Crippen molar-refractivity contribution in [3.8, 4) is 23.0 Å². The van der Waals surface area contributed by atoms with Gasteiger partial charge in [0, 0.05) is 11.8 Å². The smallest absolute Gasteiger partial charge is 0.184 e. The van der Waals surface area contributed by atoms with Crippen LogP contribution in [0.15, 0.2) is 120 Å². The van der Waals surface area contributed by atoms with E-state index in [9.17, 15) is 0 Å². The van der Waals surface area contributed by atoms with Crippen LogP contribution in [0.3, 0.4) is 0 Å². The number of hydrogen-bond acceptors (Lipinski definition) is 2. The van der Waals surface area contributed by atoms with Gasteiger partial charge in [-0.1, -0.05) is 91.0 Å². The fourth-order valence-electron chi connectivity index (χ4n) is 6.01. The molecule has 2 aliphatic carbocycles. The van der Waals surface area contributed by atoms with E-state index in [2.05, 4.69) is 113 Å². The molecule has 2 unspecified atom stereocenters. The lowest BCUT2D eigenvalue weighted by atomic mass is 9.63. The van der Waals surface area contributed by atoms with Gasteiger partial charge in [0.1, 0.15) is 0 Å². The predicted molar refractivity (Wildman–Crippen MR) is 138 cm³/mol. The van der Waals surface area contributed by atoms with Crippen molar-refractivity contribution < 1.29 is 9.47 Å². The lowest BCUT2D eigenvalue weighted by Gasteiger charge is -2.39. The zero-order valence-corrected chi connectivity index (χ0v) is 19.9. The molecule has 0 saturated carbocycles. The number of fused-ring (bicyclic) bond motifs is 5. The van der Waals surface area contributed by atoms with Gasteiger partial charge >= 0.3 is 0 Å². The first kappa shape index (κ1) is 19.9. The lowest BCUT2D eigenvalue weighted by molar-refractivity contribution is 0.356. The lowest BCUT2D eigenvalue weighted by Crippen LogP contribution is -2.35. The Hall–Kier alpha value is -3.56. The van der Waals surface area contributed by atoms with Gasteiger partial charge in [0.15, 0.2) is 23.0 Å². The van der Waals surface area contributed by atoms with Crippen molar-refractivity contribution in [2.24, 2.45) is 5.92 Å². The summed E-state index contributed by atoms with van der Waals surface area (Å²) in [5.41, 5.74) is 4.80. The molecule has 2 nitrogen and oxygen atoms in total. The minimum atomic E-state index is -0.337. The molecule has 0 amide bonds. The minimum absolute atomic E-state index is 0.246. The Labute approximate surface area is 207 Å². The Bertz CT molecular complexity index is 1430. The summed E-state index contributed by atoms with van der Waals surface area (Å²) in [6.45, 7) is 0. The van der Waals surface area contributed by atoms with Crippen molar-refractivity contribution in [3.05, 3.63) is 142 Å². The molecule has 0 radical (unpaired) electrons. The Morgan fingerprint density at radius 1 is 0.647 bits per heavy atom. The molecule has 0 bridgehead atoms. The van der Waals surface area contributed by atoms with E-state index in [1.165, 1.54) is 22.3 Å². The van der Waals surface area contributed by atoms with Crippen LogP contribution in [0, 0.1) is 5.92 Å². The molecule has 3 aliphatic rings. The Balaban J connectivity index is 1.53. The number of hydrogen-bond donors (Lipinski definition) is 0. The molecule has 4 aromatic rings. The molecule has 0 N–H and O–H groups in total. The number of para-hydroxylation sites is 1. The van der Waals surface area contributed by atoms with Gasteiger partial charge in [0.2, 0.25) is 0 Å². The van der Waals surface area contributed by atoms with Crippen molar-refractivity contribution in [1.29, 1.82) is 0 Å². The number of ether oxygens (including phenoxy) is 2. The molecule has 164 valence electrons. The molecule has 0 spiro atoms. The summed E-state index contributed by atoms with van der Waals surface area (Å²) in [4.78, 5) is 0. The Morgan fingerprint density at radius 2 is 1.32 bits per heavy atom. The van der Waals surface area contributed by atoms with Gasteiger partial charge in [-0.15, -0.1) is 0 Å². The van der Waals surface area contributed by atoms with E-state index in [0.29, 0.717) is 0 Å². The van der Waals surface area contributed by atoms with Crippen LogP contribution in [0.2, 0.25) is 0 Å². The predicted octanol–water partition coefficient (Wildman–Crippen LogP) is 8.52. The van der Waals surface area contributed by atoms with Crippen LogP contribution >= 0.6 is 15.9 Å². The summed E-state index contributed by atoms with van der Waals surface area (Å²) in [6, 6.07) is 32.1. The standard InChI is InChI=1S/C31H21BrO2/c32-26-16-9-17-27-30(26)34-29-19-25-23(18-28(29)33-27)22-14-7-8-15-24(22)31(25,20-10-3-1-4-11-20)21-12-5-2-6-13-21/h1-19,22,24H. The summed E-state index contributed by atoms with van der Waals surface area (Å²) in [7, 11) is 0. The summed E-state index contributed by atoms with van der Waals surface area (Å²) >= 11 is 3.62. The fraction of sp³-hybridized carbons (Fsp3) is 0.0968. The molecule has 0 fully saturated rings. The van der Waals surface area contributed by atoms with Crippen molar-refractivity contribution in [1.82, 2.24) is 0 Å². The topological polar surface area (TPSA) is 18.5 Å². The first-order chi connectivity index (χ1) is 16.8. The third-order valence-electron chi connectivity index (χ3n) is 7.36. The normalized spacial score (nSPS) is 20.4. The molecule has 1 heterocycles. The van der Waals surface area contributed by atoms with E-state index >= 15 is 0 Å². The maximum atomic E-state index is 6.44. The number of allylic oxidation sites excluding steroid dienone is 4. The zero-order valence-electron chi connectivity index (χ0n) is 18.3. The van der Waals surface area contributed by atoms with Crippen molar-refractivity contribution in [2.45, 2.75) is 11.3 Å². The average Bonchev–Trinajstić information content (AvgIpc) is 3.18. The third kappa shape index (κ3) is 2.68. The van der Waals surface area contributed by atoms with Gasteiger partial charge in [-0.25, -0.2) is 0 Å². The quantitative estimate of drug-likeness (QED) is 0.239. The van der Waals surface area contributed by atoms with E-state index in [4.69, 9.17) is 9.47 Å². The molecular formula is C31H21BrO2. The summed E-state index contributed by atoms with van der Waals surface area (Å²) in [5.74, 6) is 3.46. The third-order valence-corrected chi connectivity index (χ3v) is 7.98. The largest absolute Gasteiger partial charge is 0.449 e. The number of halogens is 1. The highest BCUT2D eigenvalue weighted by Crippen LogP contribution is 2.62. The zero-order chi connectivity index (χ0) is 22.7. The molecule has 3 heteroatoms. The van der Waals surface area contributed by atoms with E-state index < -0.39 is 0 Å². The first-order valence-corrected chi connectivity index (χ1v) is 12.3. The van der Waals surface area contributed by atoms with Crippen molar-refractivity contribution >= 4 is 15.9 Å². The molecule has 0 saturated heterocycles. The van der Waals surface area contributed by atoms with Gasteiger partial charge in [-0.3, -0.25) is 0 Å². The second-order valence-corrected chi connectivity index (χ2v) is 9.87. The summed E-state index contributed by atoms with van der Waals surface area (Å²) in [6.07, 6.45) is 9.06. The highest BCUT2D eigenvalue weighted by Gasteiger charge is 2.53. The van der Waals surface area contributed by atoms with Crippen LogP contribution < -0.4 is 9.47 Å². The molecule has 4 aromatic carbocycles. The van der Waals surface area contributed by atoms with Gasteiger partial charge in [0.05, 0.1) is 9.89 Å². The van der Waals surface area contributed by atoms with Crippen molar-refractivity contribution in [2.75, 3.05) is 0 Å². The molecule has 34 heavy (non-hydrogen) atoms. The van der Waals surface area contributed by atoms with Crippen LogP contribution in [-0.2, 0) is 5.41 Å². The van der Waals surface area contributed by atoms with Crippen LogP contribution in [0.1, 0.15) is 28.2 Å². The molecule has 1 aliphatic heterocycles. The average molecular weight is 505 g/mol. The van der Waals surface area contributed by atoms with Crippen LogP contribution in [-0.4, -0.2) is 0 Å². The fourth-order valence-corrected chi connectivity index (χ4v) is 6.44. The number of benzene rings is 4. The van der Waals surface area contributed by atoms with Crippen LogP contribution in [0.25, 0.3) is 0 Å². The maximum absolute atomic E-state index is 6.44. The van der Waals surface area contributed by atoms with Gasteiger partial charge < -0.3 is 9.47 Å². The van der Waals surface area contributed by atoms with Gasteiger partial charge in [-0.05, 0) is 62.4 Å².